The van der Waals surface area contributed by atoms with Crippen molar-refractivity contribution in [3.8, 4) is 0 Å². The Morgan fingerprint density at radius 1 is 0.682 bits per heavy atom. The Morgan fingerprint density at radius 2 is 1.27 bits per heavy atom. The Morgan fingerprint density at radius 3 is 1.86 bits per heavy atom. The van der Waals surface area contributed by atoms with E-state index >= 15 is 0 Å². The SMILES string of the molecule is CCCCCO[C@H]1CC[C@H]([C@H]2CC[C@H](CCCC)CC2)CC1. The maximum Gasteiger partial charge on any atom is 0.0575 e. The molecule has 0 unspecified atom stereocenters. The van der Waals surface area contributed by atoms with E-state index in [-0.39, 0.29) is 0 Å². The average molecular weight is 309 g/mol. The zero-order chi connectivity index (χ0) is 15.6. The first-order valence-electron chi connectivity index (χ1n) is 10.4. The van der Waals surface area contributed by atoms with Gasteiger partial charge in [0.15, 0.2) is 0 Å². The van der Waals surface area contributed by atoms with Crippen molar-refractivity contribution in [3.05, 3.63) is 0 Å². The van der Waals surface area contributed by atoms with Crippen LogP contribution >= 0.6 is 0 Å². The highest BCUT2D eigenvalue weighted by atomic mass is 16.5. The van der Waals surface area contributed by atoms with Crippen molar-refractivity contribution < 1.29 is 4.74 Å². The summed E-state index contributed by atoms with van der Waals surface area (Å²) in [5.74, 6) is 3.15. The van der Waals surface area contributed by atoms with E-state index in [0.717, 1.165) is 24.4 Å². The Hall–Kier alpha value is -0.0400. The number of hydrogen-bond acceptors (Lipinski definition) is 1. The molecule has 2 fully saturated rings. The summed E-state index contributed by atoms with van der Waals surface area (Å²) in [7, 11) is 0. The summed E-state index contributed by atoms with van der Waals surface area (Å²) in [6.45, 7) is 5.60. The van der Waals surface area contributed by atoms with Crippen LogP contribution in [0.4, 0.5) is 0 Å². The molecule has 22 heavy (non-hydrogen) atoms. The van der Waals surface area contributed by atoms with Gasteiger partial charge in [0.2, 0.25) is 0 Å². The maximum atomic E-state index is 6.08. The molecule has 2 saturated carbocycles. The summed E-state index contributed by atoms with van der Waals surface area (Å²) in [6, 6.07) is 0. The summed E-state index contributed by atoms with van der Waals surface area (Å²) >= 11 is 0. The van der Waals surface area contributed by atoms with Gasteiger partial charge in [0.05, 0.1) is 6.10 Å². The smallest absolute Gasteiger partial charge is 0.0575 e. The van der Waals surface area contributed by atoms with Gasteiger partial charge in [0, 0.05) is 6.61 Å². The molecular formula is C21H40O. The minimum absolute atomic E-state index is 0.592. The maximum absolute atomic E-state index is 6.08. The molecule has 0 aromatic carbocycles. The molecule has 0 aliphatic heterocycles. The third kappa shape index (κ3) is 6.22. The average Bonchev–Trinajstić information content (AvgIpc) is 2.58. The molecule has 0 spiro atoms. The van der Waals surface area contributed by atoms with Gasteiger partial charge in [-0.25, -0.2) is 0 Å². The normalized spacial score (nSPS) is 33.0. The van der Waals surface area contributed by atoms with E-state index in [1.807, 2.05) is 0 Å². The molecule has 1 nitrogen and oxygen atoms in total. The predicted molar refractivity (Wildman–Crippen MR) is 96.2 cm³/mol. The lowest BCUT2D eigenvalue weighted by Gasteiger charge is -2.37. The van der Waals surface area contributed by atoms with Crippen molar-refractivity contribution in [1.82, 2.24) is 0 Å². The highest BCUT2D eigenvalue weighted by Gasteiger charge is 2.30. The second kappa shape index (κ2) is 10.7. The molecule has 0 saturated heterocycles. The summed E-state index contributed by atoms with van der Waals surface area (Å²) in [5, 5.41) is 0. The van der Waals surface area contributed by atoms with Crippen molar-refractivity contribution in [1.29, 1.82) is 0 Å². The lowest BCUT2D eigenvalue weighted by molar-refractivity contribution is 0.00539. The van der Waals surface area contributed by atoms with Crippen LogP contribution < -0.4 is 0 Å². The van der Waals surface area contributed by atoms with Gasteiger partial charge in [0.1, 0.15) is 0 Å². The number of rotatable bonds is 9. The highest BCUT2D eigenvalue weighted by Crippen LogP contribution is 2.41. The third-order valence-electron chi connectivity index (χ3n) is 6.34. The minimum Gasteiger partial charge on any atom is -0.378 e. The first kappa shape index (κ1) is 18.3. The van der Waals surface area contributed by atoms with Crippen molar-refractivity contribution in [3.63, 3.8) is 0 Å². The molecule has 0 aromatic heterocycles. The quantitative estimate of drug-likeness (QED) is 0.428. The largest absolute Gasteiger partial charge is 0.378 e. The molecule has 0 heterocycles. The fraction of sp³-hybridized carbons (Fsp3) is 1.00. The molecule has 0 atom stereocenters. The molecule has 1 heteroatoms. The lowest BCUT2D eigenvalue weighted by atomic mass is 9.70. The van der Waals surface area contributed by atoms with Crippen LogP contribution in [0.2, 0.25) is 0 Å². The topological polar surface area (TPSA) is 9.23 Å². The van der Waals surface area contributed by atoms with Crippen LogP contribution in [0.5, 0.6) is 0 Å². The van der Waals surface area contributed by atoms with Gasteiger partial charge in [-0.1, -0.05) is 58.8 Å². The van der Waals surface area contributed by atoms with Gasteiger partial charge in [-0.15, -0.1) is 0 Å². The minimum atomic E-state index is 0.592. The first-order valence-corrected chi connectivity index (χ1v) is 10.4. The van der Waals surface area contributed by atoms with Gasteiger partial charge in [0.25, 0.3) is 0 Å². The van der Waals surface area contributed by atoms with E-state index in [1.165, 1.54) is 89.9 Å². The summed E-state index contributed by atoms with van der Waals surface area (Å²) in [5.41, 5.74) is 0. The Bertz CT molecular complexity index is 259. The summed E-state index contributed by atoms with van der Waals surface area (Å²) in [4.78, 5) is 0. The van der Waals surface area contributed by atoms with Crippen LogP contribution in [0.3, 0.4) is 0 Å². The standard InChI is InChI=1S/C21H40O/c1-3-5-7-17-22-21-15-13-20(14-16-21)19-11-9-18(10-12-19)8-6-4-2/h18-21H,3-17H2,1-2H3/t18-,19-,20-,21-. The number of ether oxygens (including phenoxy) is 1. The van der Waals surface area contributed by atoms with Gasteiger partial charge in [-0.2, -0.15) is 0 Å². The van der Waals surface area contributed by atoms with E-state index in [9.17, 15) is 0 Å². The summed E-state index contributed by atoms with van der Waals surface area (Å²) in [6.07, 6.45) is 20.5. The van der Waals surface area contributed by atoms with Crippen LogP contribution in [0.15, 0.2) is 0 Å². The van der Waals surface area contributed by atoms with E-state index in [1.54, 1.807) is 0 Å². The van der Waals surface area contributed by atoms with Gasteiger partial charge in [-0.3, -0.25) is 0 Å². The molecule has 2 aliphatic carbocycles. The van der Waals surface area contributed by atoms with Crippen LogP contribution in [0.25, 0.3) is 0 Å². The molecule has 130 valence electrons. The van der Waals surface area contributed by atoms with E-state index < -0.39 is 0 Å². The van der Waals surface area contributed by atoms with E-state index in [0.29, 0.717) is 6.10 Å². The molecular weight excluding hydrogens is 268 g/mol. The van der Waals surface area contributed by atoms with Crippen LogP contribution in [0, 0.1) is 17.8 Å². The molecule has 2 rings (SSSR count). The van der Waals surface area contributed by atoms with Crippen LogP contribution in [0.1, 0.15) is 104 Å². The van der Waals surface area contributed by atoms with Gasteiger partial charge in [-0.05, 0) is 62.7 Å². The van der Waals surface area contributed by atoms with Crippen LogP contribution in [-0.2, 0) is 4.74 Å². The van der Waals surface area contributed by atoms with Crippen molar-refractivity contribution >= 4 is 0 Å². The Balaban J connectivity index is 1.57. The monoisotopic (exact) mass is 308 g/mol. The zero-order valence-corrected chi connectivity index (χ0v) is 15.3. The van der Waals surface area contributed by atoms with E-state index in [4.69, 9.17) is 4.74 Å². The highest BCUT2D eigenvalue weighted by molar-refractivity contribution is 4.82. The van der Waals surface area contributed by atoms with Crippen molar-refractivity contribution in [2.75, 3.05) is 6.61 Å². The fourth-order valence-electron chi connectivity index (χ4n) is 4.77. The van der Waals surface area contributed by atoms with Gasteiger partial charge < -0.3 is 4.74 Å². The van der Waals surface area contributed by atoms with Crippen molar-refractivity contribution in [2.24, 2.45) is 17.8 Å². The number of unbranched alkanes of at least 4 members (excludes halogenated alkanes) is 3. The summed E-state index contributed by atoms with van der Waals surface area (Å²) < 4.78 is 6.08. The molecule has 0 aromatic rings. The van der Waals surface area contributed by atoms with E-state index in [2.05, 4.69) is 13.8 Å². The molecule has 2 aliphatic rings. The zero-order valence-electron chi connectivity index (χ0n) is 15.3. The lowest BCUT2D eigenvalue weighted by Crippen LogP contribution is -2.28. The fourth-order valence-corrected chi connectivity index (χ4v) is 4.77. The molecule has 0 bridgehead atoms. The Labute approximate surface area is 139 Å². The Kier molecular flexibility index (Phi) is 8.89. The van der Waals surface area contributed by atoms with Crippen LogP contribution in [-0.4, -0.2) is 12.7 Å². The second-order valence-electron chi connectivity index (χ2n) is 8.04. The molecule has 0 radical (unpaired) electrons. The predicted octanol–water partition coefficient (Wildman–Crippen LogP) is 6.75. The number of hydrogen-bond donors (Lipinski definition) is 0. The second-order valence-corrected chi connectivity index (χ2v) is 8.04. The first-order chi connectivity index (χ1) is 10.8. The molecule has 0 N–H and O–H groups in total. The molecule has 0 amide bonds. The van der Waals surface area contributed by atoms with Gasteiger partial charge >= 0.3 is 0 Å². The van der Waals surface area contributed by atoms with Crippen molar-refractivity contribution in [2.45, 2.75) is 110 Å². The third-order valence-corrected chi connectivity index (χ3v) is 6.34.